The standard InChI is InChI=1S/C15H9FN2O/c16-14-5-4-9(6-10(14)7-17)11-2-1-3-12-13(11)8-18-15(12)19/h1-6H,8H2,(H,18,19). The minimum atomic E-state index is -0.534. The molecule has 0 unspecified atom stereocenters. The summed E-state index contributed by atoms with van der Waals surface area (Å²) in [5.41, 5.74) is 3.13. The number of nitrogens with one attached hydrogen (secondary N) is 1. The molecule has 2 aromatic rings. The number of benzene rings is 2. The maximum absolute atomic E-state index is 13.3. The van der Waals surface area contributed by atoms with Gasteiger partial charge in [-0.05, 0) is 34.9 Å². The predicted octanol–water partition coefficient (Wildman–Crippen LogP) is 2.61. The van der Waals surface area contributed by atoms with Crippen molar-refractivity contribution in [1.82, 2.24) is 5.32 Å². The number of carbonyl (C=O) groups excluding carboxylic acids is 1. The molecular weight excluding hydrogens is 243 g/mol. The monoisotopic (exact) mass is 252 g/mol. The van der Waals surface area contributed by atoms with Gasteiger partial charge in [-0.3, -0.25) is 4.79 Å². The van der Waals surface area contributed by atoms with Crippen molar-refractivity contribution in [3.63, 3.8) is 0 Å². The summed E-state index contributed by atoms with van der Waals surface area (Å²) in [7, 11) is 0. The highest BCUT2D eigenvalue weighted by molar-refractivity contribution is 6.00. The lowest BCUT2D eigenvalue weighted by atomic mass is 9.96. The molecule has 0 spiro atoms. The van der Waals surface area contributed by atoms with Crippen molar-refractivity contribution >= 4 is 5.91 Å². The number of halogens is 1. The lowest BCUT2D eigenvalue weighted by Crippen LogP contribution is -2.12. The van der Waals surface area contributed by atoms with E-state index in [0.29, 0.717) is 12.1 Å². The topological polar surface area (TPSA) is 52.9 Å². The van der Waals surface area contributed by atoms with Crippen molar-refractivity contribution in [1.29, 1.82) is 5.26 Å². The Balaban J connectivity index is 2.19. The first-order chi connectivity index (χ1) is 9.20. The highest BCUT2D eigenvalue weighted by Crippen LogP contribution is 2.30. The van der Waals surface area contributed by atoms with E-state index in [2.05, 4.69) is 5.32 Å². The van der Waals surface area contributed by atoms with Crippen LogP contribution in [0.4, 0.5) is 4.39 Å². The number of hydrogen-bond donors (Lipinski definition) is 1. The van der Waals surface area contributed by atoms with Gasteiger partial charge in [-0.15, -0.1) is 0 Å². The maximum Gasteiger partial charge on any atom is 0.251 e. The van der Waals surface area contributed by atoms with Gasteiger partial charge >= 0.3 is 0 Å². The first-order valence-electron chi connectivity index (χ1n) is 5.81. The molecule has 0 saturated heterocycles. The first-order valence-corrected chi connectivity index (χ1v) is 5.81. The second-order valence-electron chi connectivity index (χ2n) is 4.32. The molecule has 0 atom stereocenters. The first kappa shape index (κ1) is 11.4. The SMILES string of the molecule is N#Cc1cc(-c2cccc3c2CNC3=O)ccc1F. The molecule has 0 aromatic heterocycles. The van der Waals surface area contributed by atoms with Crippen LogP contribution in [0.3, 0.4) is 0 Å². The largest absolute Gasteiger partial charge is 0.348 e. The predicted molar refractivity (Wildman–Crippen MR) is 67.7 cm³/mol. The van der Waals surface area contributed by atoms with E-state index < -0.39 is 5.82 Å². The van der Waals surface area contributed by atoms with Crippen molar-refractivity contribution in [2.45, 2.75) is 6.54 Å². The molecule has 3 nitrogen and oxygen atoms in total. The quantitative estimate of drug-likeness (QED) is 0.848. The van der Waals surface area contributed by atoms with Gasteiger partial charge in [0, 0.05) is 12.1 Å². The van der Waals surface area contributed by atoms with Crippen LogP contribution in [0.1, 0.15) is 21.5 Å². The van der Waals surface area contributed by atoms with Gasteiger partial charge < -0.3 is 5.32 Å². The third-order valence-corrected chi connectivity index (χ3v) is 3.24. The molecule has 1 heterocycles. The number of amides is 1. The van der Waals surface area contributed by atoms with E-state index in [4.69, 9.17) is 5.26 Å². The zero-order valence-corrected chi connectivity index (χ0v) is 9.90. The highest BCUT2D eigenvalue weighted by Gasteiger charge is 2.21. The van der Waals surface area contributed by atoms with Crippen LogP contribution in [0.25, 0.3) is 11.1 Å². The van der Waals surface area contributed by atoms with Crippen LogP contribution in [-0.2, 0) is 6.54 Å². The molecule has 0 saturated carbocycles. The van der Waals surface area contributed by atoms with Crippen molar-refractivity contribution < 1.29 is 9.18 Å². The van der Waals surface area contributed by atoms with Crippen molar-refractivity contribution in [2.75, 3.05) is 0 Å². The highest BCUT2D eigenvalue weighted by atomic mass is 19.1. The smallest absolute Gasteiger partial charge is 0.251 e. The Labute approximate surface area is 109 Å². The Kier molecular flexibility index (Phi) is 2.53. The minimum Gasteiger partial charge on any atom is -0.348 e. The Morgan fingerprint density at radius 2 is 2.00 bits per heavy atom. The molecule has 0 radical (unpaired) electrons. The second kappa shape index (κ2) is 4.21. The lowest BCUT2D eigenvalue weighted by molar-refractivity contribution is 0.0966. The van der Waals surface area contributed by atoms with E-state index in [1.807, 2.05) is 12.1 Å². The summed E-state index contributed by atoms with van der Waals surface area (Å²) in [6.45, 7) is 0.462. The molecule has 0 bridgehead atoms. The van der Waals surface area contributed by atoms with Crippen LogP contribution in [0.15, 0.2) is 36.4 Å². The van der Waals surface area contributed by atoms with Gasteiger partial charge in [-0.2, -0.15) is 5.26 Å². The van der Waals surface area contributed by atoms with E-state index in [0.717, 1.165) is 16.7 Å². The summed E-state index contributed by atoms with van der Waals surface area (Å²) in [6, 6.07) is 11.6. The minimum absolute atomic E-state index is 0.00684. The fraction of sp³-hybridized carbons (Fsp3) is 0.0667. The van der Waals surface area contributed by atoms with Crippen LogP contribution < -0.4 is 5.32 Å². The van der Waals surface area contributed by atoms with Crippen LogP contribution >= 0.6 is 0 Å². The number of rotatable bonds is 1. The molecule has 92 valence electrons. The Bertz CT molecular complexity index is 731. The van der Waals surface area contributed by atoms with E-state index in [-0.39, 0.29) is 11.5 Å². The van der Waals surface area contributed by atoms with Gasteiger partial charge in [-0.1, -0.05) is 18.2 Å². The Hall–Kier alpha value is -2.67. The van der Waals surface area contributed by atoms with Crippen LogP contribution in [-0.4, -0.2) is 5.91 Å². The van der Waals surface area contributed by atoms with Gasteiger partial charge in [-0.25, -0.2) is 4.39 Å². The number of carbonyl (C=O) groups is 1. The third-order valence-electron chi connectivity index (χ3n) is 3.24. The molecule has 1 amide bonds. The van der Waals surface area contributed by atoms with Crippen molar-refractivity contribution in [3.8, 4) is 17.2 Å². The normalized spacial score (nSPS) is 12.7. The van der Waals surface area contributed by atoms with Gasteiger partial charge in [0.2, 0.25) is 0 Å². The van der Waals surface area contributed by atoms with E-state index in [1.165, 1.54) is 12.1 Å². The van der Waals surface area contributed by atoms with Crippen LogP contribution in [0.2, 0.25) is 0 Å². The summed E-state index contributed by atoms with van der Waals surface area (Å²) in [5, 5.41) is 11.6. The molecule has 2 aromatic carbocycles. The molecular formula is C15H9FN2O. The summed E-state index contributed by atoms with van der Waals surface area (Å²) >= 11 is 0. The molecule has 3 rings (SSSR count). The second-order valence-corrected chi connectivity index (χ2v) is 4.32. The molecule has 19 heavy (non-hydrogen) atoms. The van der Waals surface area contributed by atoms with Gasteiger partial charge in [0.05, 0.1) is 5.56 Å². The number of fused-ring (bicyclic) bond motifs is 1. The van der Waals surface area contributed by atoms with Gasteiger partial charge in [0.15, 0.2) is 0 Å². The number of nitrogens with zero attached hydrogens (tertiary/aromatic N) is 1. The van der Waals surface area contributed by atoms with Crippen LogP contribution in [0.5, 0.6) is 0 Å². The van der Waals surface area contributed by atoms with Gasteiger partial charge in [0.25, 0.3) is 5.91 Å². The van der Waals surface area contributed by atoms with E-state index in [1.54, 1.807) is 18.2 Å². The summed E-state index contributed by atoms with van der Waals surface area (Å²) in [5.74, 6) is -0.632. The average Bonchev–Trinajstić information content (AvgIpc) is 2.81. The molecule has 0 aliphatic carbocycles. The fourth-order valence-electron chi connectivity index (χ4n) is 2.30. The fourth-order valence-corrected chi connectivity index (χ4v) is 2.30. The molecule has 4 heteroatoms. The molecule has 1 aliphatic heterocycles. The van der Waals surface area contributed by atoms with Crippen molar-refractivity contribution in [2.24, 2.45) is 0 Å². The lowest BCUT2D eigenvalue weighted by Gasteiger charge is -2.07. The zero-order valence-electron chi connectivity index (χ0n) is 9.90. The summed E-state index contributed by atoms with van der Waals surface area (Å²) in [4.78, 5) is 11.6. The van der Waals surface area contributed by atoms with Gasteiger partial charge in [0.1, 0.15) is 11.9 Å². The maximum atomic E-state index is 13.3. The van der Waals surface area contributed by atoms with Crippen molar-refractivity contribution in [3.05, 3.63) is 58.9 Å². The third kappa shape index (κ3) is 1.76. The van der Waals surface area contributed by atoms with E-state index in [9.17, 15) is 9.18 Å². The average molecular weight is 252 g/mol. The molecule has 1 aliphatic rings. The molecule has 0 fully saturated rings. The molecule has 1 N–H and O–H groups in total. The number of nitriles is 1. The van der Waals surface area contributed by atoms with Crippen LogP contribution in [0, 0.1) is 17.1 Å². The number of hydrogen-bond acceptors (Lipinski definition) is 2. The summed E-state index contributed by atoms with van der Waals surface area (Å²) < 4.78 is 13.3. The Morgan fingerprint density at radius 3 is 2.79 bits per heavy atom. The van der Waals surface area contributed by atoms with E-state index >= 15 is 0 Å². The Morgan fingerprint density at radius 1 is 1.21 bits per heavy atom. The zero-order chi connectivity index (χ0) is 13.4. The summed E-state index contributed by atoms with van der Waals surface area (Å²) in [6.07, 6.45) is 0.